The summed E-state index contributed by atoms with van der Waals surface area (Å²) >= 11 is 5.90. The van der Waals surface area contributed by atoms with Crippen LogP contribution in [0.5, 0.6) is 0 Å². The molecule has 1 N–H and O–H groups in total. The Labute approximate surface area is 137 Å². The molecule has 0 bridgehead atoms. The first kappa shape index (κ1) is 14.9. The van der Waals surface area contributed by atoms with Crippen LogP contribution in [0.4, 0.5) is 0 Å². The third-order valence-electron chi connectivity index (χ3n) is 3.51. The third-order valence-corrected chi connectivity index (χ3v) is 3.77. The minimum absolute atomic E-state index is 0.222. The Balaban J connectivity index is 2.03. The standard InChI is InChI=1S/C18H11ClN2O2/c19-15-5-1-12(2-6-15)17-11-21(10-14(17)9-20)16-7-3-13(4-8-16)18(22)23/h1-8,10-11H,(H,22,23). The first-order chi connectivity index (χ1) is 11.1. The highest BCUT2D eigenvalue weighted by atomic mass is 35.5. The van der Waals surface area contributed by atoms with Crippen molar-refractivity contribution in [1.82, 2.24) is 4.57 Å². The lowest BCUT2D eigenvalue weighted by atomic mass is 10.1. The van der Waals surface area contributed by atoms with E-state index in [4.69, 9.17) is 16.7 Å². The molecule has 0 saturated heterocycles. The molecule has 0 spiro atoms. The van der Waals surface area contributed by atoms with Gasteiger partial charge in [0.25, 0.3) is 0 Å². The number of benzene rings is 2. The molecule has 0 atom stereocenters. The van der Waals surface area contributed by atoms with Crippen LogP contribution in [0.15, 0.2) is 60.9 Å². The predicted molar refractivity (Wildman–Crippen MR) is 87.9 cm³/mol. The van der Waals surface area contributed by atoms with Crippen molar-refractivity contribution < 1.29 is 9.90 Å². The van der Waals surface area contributed by atoms with Crippen LogP contribution in [-0.2, 0) is 0 Å². The molecule has 0 aliphatic heterocycles. The van der Waals surface area contributed by atoms with Gasteiger partial charge in [0, 0.05) is 28.7 Å². The van der Waals surface area contributed by atoms with Crippen LogP contribution in [0.1, 0.15) is 15.9 Å². The van der Waals surface area contributed by atoms with Crippen molar-refractivity contribution in [2.75, 3.05) is 0 Å². The average molecular weight is 323 g/mol. The molecule has 1 heterocycles. The van der Waals surface area contributed by atoms with Gasteiger partial charge >= 0.3 is 5.97 Å². The van der Waals surface area contributed by atoms with E-state index in [2.05, 4.69) is 6.07 Å². The Morgan fingerprint density at radius 1 is 1.04 bits per heavy atom. The fraction of sp³-hybridized carbons (Fsp3) is 0. The van der Waals surface area contributed by atoms with E-state index in [-0.39, 0.29) is 5.56 Å². The summed E-state index contributed by atoms with van der Waals surface area (Å²) in [5, 5.41) is 18.9. The molecule has 0 unspecified atom stereocenters. The summed E-state index contributed by atoms with van der Waals surface area (Å²) < 4.78 is 1.80. The summed E-state index contributed by atoms with van der Waals surface area (Å²) in [6, 6.07) is 15.9. The van der Waals surface area contributed by atoms with Crippen LogP contribution < -0.4 is 0 Å². The number of nitrogens with zero attached hydrogens (tertiary/aromatic N) is 2. The Kier molecular flexibility index (Phi) is 3.88. The lowest BCUT2D eigenvalue weighted by molar-refractivity contribution is 0.0697. The molecular weight excluding hydrogens is 312 g/mol. The monoisotopic (exact) mass is 322 g/mol. The van der Waals surface area contributed by atoms with E-state index in [0.717, 1.165) is 16.8 Å². The summed E-state index contributed by atoms with van der Waals surface area (Å²) in [6.45, 7) is 0. The van der Waals surface area contributed by atoms with Crippen LogP contribution in [0, 0.1) is 11.3 Å². The smallest absolute Gasteiger partial charge is 0.335 e. The van der Waals surface area contributed by atoms with Crippen molar-refractivity contribution in [3.05, 3.63) is 77.1 Å². The maximum Gasteiger partial charge on any atom is 0.335 e. The van der Waals surface area contributed by atoms with Gasteiger partial charge in [-0.15, -0.1) is 0 Å². The van der Waals surface area contributed by atoms with Gasteiger partial charge in [0.2, 0.25) is 0 Å². The Morgan fingerprint density at radius 2 is 1.70 bits per heavy atom. The molecule has 0 fully saturated rings. The van der Waals surface area contributed by atoms with Crippen LogP contribution >= 0.6 is 11.6 Å². The highest BCUT2D eigenvalue weighted by Crippen LogP contribution is 2.27. The number of hydrogen-bond acceptors (Lipinski definition) is 2. The molecule has 4 nitrogen and oxygen atoms in total. The third kappa shape index (κ3) is 2.96. The molecule has 5 heteroatoms. The van der Waals surface area contributed by atoms with Crippen LogP contribution in [0.25, 0.3) is 16.8 Å². The highest BCUT2D eigenvalue weighted by molar-refractivity contribution is 6.30. The molecule has 0 aliphatic carbocycles. The summed E-state index contributed by atoms with van der Waals surface area (Å²) in [6.07, 6.45) is 3.57. The van der Waals surface area contributed by atoms with Gasteiger partial charge in [0.15, 0.2) is 0 Å². The molecule has 3 aromatic rings. The van der Waals surface area contributed by atoms with E-state index >= 15 is 0 Å². The zero-order chi connectivity index (χ0) is 16.4. The normalized spacial score (nSPS) is 10.3. The van der Waals surface area contributed by atoms with Gasteiger partial charge in [-0.3, -0.25) is 0 Å². The number of halogens is 1. The van der Waals surface area contributed by atoms with E-state index in [9.17, 15) is 10.1 Å². The maximum absolute atomic E-state index is 10.9. The molecule has 3 rings (SSSR count). The first-order valence-corrected chi connectivity index (χ1v) is 7.18. The lowest BCUT2D eigenvalue weighted by Crippen LogP contribution is -1.97. The summed E-state index contributed by atoms with van der Waals surface area (Å²) in [7, 11) is 0. The van der Waals surface area contributed by atoms with Crippen molar-refractivity contribution in [3.63, 3.8) is 0 Å². The summed E-state index contributed by atoms with van der Waals surface area (Å²) in [4.78, 5) is 10.9. The number of aromatic nitrogens is 1. The van der Waals surface area contributed by atoms with Crippen molar-refractivity contribution >= 4 is 17.6 Å². The van der Waals surface area contributed by atoms with Gasteiger partial charge in [-0.2, -0.15) is 5.26 Å². The fourth-order valence-electron chi connectivity index (χ4n) is 2.33. The first-order valence-electron chi connectivity index (χ1n) is 6.80. The Bertz CT molecular complexity index is 904. The van der Waals surface area contributed by atoms with Crippen molar-refractivity contribution in [2.45, 2.75) is 0 Å². The number of carbonyl (C=O) groups is 1. The second-order valence-electron chi connectivity index (χ2n) is 4.96. The number of rotatable bonds is 3. The van der Waals surface area contributed by atoms with Gasteiger partial charge in [0.05, 0.1) is 11.1 Å². The Morgan fingerprint density at radius 3 is 2.26 bits per heavy atom. The molecule has 0 amide bonds. The topological polar surface area (TPSA) is 66.0 Å². The number of nitriles is 1. The van der Waals surface area contributed by atoms with Crippen LogP contribution in [0.2, 0.25) is 5.02 Å². The van der Waals surface area contributed by atoms with Gasteiger partial charge < -0.3 is 9.67 Å². The SMILES string of the molecule is N#Cc1cn(-c2ccc(C(=O)O)cc2)cc1-c1ccc(Cl)cc1. The van der Waals surface area contributed by atoms with E-state index in [1.807, 2.05) is 18.3 Å². The molecular formula is C18H11ClN2O2. The van der Waals surface area contributed by atoms with Crippen molar-refractivity contribution in [1.29, 1.82) is 5.26 Å². The quantitative estimate of drug-likeness (QED) is 0.778. The van der Waals surface area contributed by atoms with Crippen molar-refractivity contribution in [2.24, 2.45) is 0 Å². The van der Waals surface area contributed by atoms with Crippen LogP contribution in [-0.4, -0.2) is 15.6 Å². The number of carboxylic acid groups (broad SMARTS) is 1. The average Bonchev–Trinajstić information content (AvgIpc) is 3.00. The second-order valence-corrected chi connectivity index (χ2v) is 5.40. The number of carboxylic acids is 1. The van der Waals surface area contributed by atoms with Gasteiger partial charge in [-0.05, 0) is 42.0 Å². The molecule has 0 saturated carbocycles. The fourth-order valence-corrected chi connectivity index (χ4v) is 2.45. The van der Waals surface area contributed by atoms with Crippen molar-refractivity contribution in [3.8, 4) is 22.9 Å². The molecule has 2 aromatic carbocycles. The number of aromatic carboxylic acids is 1. The van der Waals surface area contributed by atoms with Crippen LogP contribution in [0.3, 0.4) is 0 Å². The zero-order valence-corrected chi connectivity index (χ0v) is 12.7. The molecule has 23 heavy (non-hydrogen) atoms. The van der Waals surface area contributed by atoms with E-state index < -0.39 is 5.97 Å². The zero-order valence-electron chi connectivity index (χ0n) is 11.9. The minimum atomic E-state index is -0.969. The molecule has 112 valence electrons. The molecule has 0 radical (unpaired) electrons. The van der Waals surface area contributed by atoms with E-state index in [0.29, 0.717) is 10.6 Å². The van der Waals surface area contributed by atoms with Gasteiger partial charge in [-0.25, -0.2) is 4.79 Å². The molecule has 1 aromatic heterocycles. The summed E-state index contributed by atoms with van der Waals surface area (Å²) in [5.74, 6) is -0.969. The van der Waals surface area contributed by atoms with Gasteiger partial charge in [0.1, 0.15) is 6.07 Å². The molecule has 0 aliphatic rings. The largest absolute Gasteiger partial charge is 0.478 e. The minimum Gasteiger partial charge on any atom is -0.478 e. The Hall–Kier alpha value is -3.03. The van der Waals surface area contributed by atoms with E-state index in [1.54, 1.807) is 35.0 Å². The lowest BCUT2D eigenvalue weighted by Gasteiger charge is -2.03. The summed E-state index contributed by atoms with van der Waals surface area (Å²) in [5.41, 5.74) is 3.24. The van der Waals surface area contributed by atoms with E-state index in [1.165, 1.54) is 12.1 Å². The number of hydrogen-bond donors (Lipinski definition) is 1. The second kappa shape index (κ2) is 5.99. The predicted octanol–water partition coefficient (Wildman–Crippen LogP) is 4.37. The highest BCUT2D eigenvalue weighted by Gasteiger charge is 2.10. The van der Waals surface area contributed by atoms with Gasteiger partial charge in [-0.1, -0.05) is 23.7 Å². The maximum atomic E-state index is 10.9.